The van der Waals surface area contributed by atoms with Crippen LogP contribution in [0, 0.1) is 6.07 Å². The molecule has 139 valence electrons. The predicted octanol–water partition coefficient (Wildman–Crippen LogP) is 7.07. The Morgan fingerprint density at radius 2 is 1.40 bits per heavy atom. The normalized spacial score (nSPS) is 11.3. The zero-order valence-corrected chi connectivity index (χ0v) is 16.2. The third-order valence-corrected chi connectivity index (χ3v) is 5.57. The van der Waals surface area contributed by atoms with Gasteiger partial charge in [0.05, 0.1) is 16.9 Å². The lowest BCUT2D eigenvalue weighted by Gasteiger charge is -2.13. The van der Waals surface area contributed by atoms with E-state index in [0.717, 1.165) is 49.6 Å². The van der Waals surface area contributed by atoms with Crippen molar-refractivity contribution in [1.82, 2.24) is 9.97 Å². The summed E-state index contributed by atoms with van der Waals surface area (Å²) in [5.41, 5.74) is 4.88. The molecule has 0 aliphatic carbocycles. The standard InChI is InChI=1S/C28H17N2/c1-2-10-22-18-25(28-23-11-5-3-7-19(23)15-16-29-28)24(17-21(22)9-1)27-14-13-20-8-4-6-12-26(20)30-27/h1-17H. The van der Waals surface area contributed by atoms with Gasteiger partial charge in [0.25, 0.3) is 0 Å². The summed E-state index contributed by atoms with van der Waals surface area (Å²) in [5.74, 6) is 0. The fourth-order valence-electron chi connectivity index (χ4n) is 4.09. The fourth-order valence-corrected chi connectivity index (χ4v) is 4.09. The van der Waals surface area contributed by atoms with E-state index < -0.39 is 0 Å². The van der Waals surface area contributed by atoms with Gasteiger partial charge in [0.2, 0.25) is 0 Å². The van der Waals surface area contributed by atoms with Gasteiger partial charge < -0.3 is 0 Å². The highest BCUT2D eigenvalue weighted by Crippen LogP contribution is 2.37. The third kappa shape index (κ3) is 2.73. The monoisotopic (exact) mass is 381 g/mol. The molecule has 0 unspecified atom stereocenters. The van der Waals surface area contributed by atoms with E-state index in [0.29, 0.717) is 0 Å². The summed E-state index contributed by atoms with van der Waals surface area (Å²) in [6.07, 6.45) is 1.87. The number of rotatable bonds is 2. The summed E-state index contributed by atoms with van der Waals surface area (Å²) in [7, 11) is 0. The number of pyridine rings is 2. The lowest BCUT2D eigenvalue weighted by Crippen LogP contribution is -1.93. The summed E-state index contributed by atoms with van der Waals surface area (Å²) in [5, 5.41) is 5.64. The maximum Gasteiger partial charge on any atom is 0.0793 e. The Morgan fingerprint density at radius 1 is 0.633 bits per heavy atom. The first-order valence-electron chi connectivity index (χ1n) is 10.0. The molecule has 2 nitrogen and oxygen atoms in total. The van der Waals surface area contributed by atoms with Crippen molar-refractivity contribution in [3.05, 3.63) is 109 Å². The van der Waals surface area contributed by atoms with Crippen molar-refractivity contribution >= 4 is 32.4 Å². The van der Waals surface area contributed by atoms with Crippen LogP contribution in [-0.2, 0) is 0 Å². The molecule has 0 bridgehead atoms. The minimum Gasteiger partial charge on any atom is -0.256 e. The van der Waals surface area contributed by atoms with Crippen LogP contribution in [-0.4, -0.2) is 9.97 Å². The minimum absolute atomic E-state index is 0.931. The Kier molecular flexibility index (Phi) is 3.82. The Labute approximate surface area is 174 Å². The van der Waals surface area contributed by atoms with E-state index in [1.165, 1.54) is 5.39 Å². The van der Waals surface area contributed by atoms with E-state index in [4.69, 9.17) is 9.97 Å². The summed E-state index contributed by atoms with van der Waals surface area (Å²) in [6.45, 7) is 0. The summed E-state index contributed by atoms with van der Waals surface area (Å²) in [4.78, 5) is 9.74. The predicted molar refractivity (Wildman–Crippen MR) is 124 cm³/mol. The second-order valence-corrected chi connectivity index (χ2v) is 7.42. The number of hydrogen-bond donors (Lipinski definition) is 0. The quantitative estimate of drug-likeness (QED) is 0.320. The number of fused-ring (bicyclic) bond motifs is 3. The van der Waals surface area contributed by atoms with E-state index in [1.807, 2.05) is 30.5 Å². The molecule has 6 aromatic rings. The first-order chi connectivity index (χ1) is 14.9. The molecule has 2 aromatic heterocycles. The van der Waals surface area contributed by atoms with Crippen molar-refractivity contribution in [3.8, 4) is 22.5 Å². The number of benzene rings is 4. The van der Waals surface area contributed by atoms with Gasteiger partial charge in [-0.2, -0.15) is 0 Å². The van der Waals surface area contributed by atoms with E-state index in [9.17, 15) is 0 Å². The van der Waals surface area contributed by atoms with Gasteiger partial charge in [-0.15, -0.1) is 0 Å². The molecular formula is C28H17N2. The largest absolute Gasteiger partial charge is 0.256 e. The van der Waals surface area contributed by atoms with Gasteiger partial charge in [-0.25, -0.2) is 4.98 Å². The molecule has 0 aliphatic heterocycles. The fraction of sp³-hybridized carbons (Fsp3) is 0. The zero-order chi connectivity index (χ0) is 19.9. The van der Waals surface area contributed by atoms with Crippen LogP contribution in [0.3, 0.4) is 0 Å². The molecule has 4 aromatic carbocycles. The van der Waals surface area contributed by atoms with E-state index in [-0.39, 0.29) is 0 Å². The number of para-hydroxylation sites is 1. The molecule has 6 rings (SSSR count). The molecule has 2 heteroatoms. The topological polar surface area (TPSA) is 25.8 Å². The molecule has 0 N–H and O–H groups in total. The number of aromatic nitrogens is 2. The average molecular weight is 381 g/mol. The second-order valence-electron chi connectivity index (χ2n) is 7.42. The van der Waals surface area contributed by atoms with Gasteiger partial charge >= 0.3 is 0 Å². The molecular weight excluding hydrogens is 364 g/mol. The van der Waals surface area contributed by atoms with Crippen LogP contribution in [0.2, 0.25) is 0 Å². The van der Waals surface area contributed by atoms with E-state index >= 15 is 0 Å². The highest BCUT2D eigenvalue weighted by atomic mass is 14.7. The highest BCUT2D eigenvalue weighted by molar-refractivity contribution is 6.02. The van der Waals surface area contributed by atoms with Crippen molar-refractivity contribution in [3.63, 3.8) is 0 Å². The van der Waals surface area contributed by atoms with Crippen LogP contribution in [0.15, 0.2) is 103 Å². The van der Waals surface area contributed by atoms with Crippen molar-refractivity contribution in [2.45, 2.75) is 0 Å². The highest BCUT2D eigenvalue weighted by Gasteiger charge is 2.15. The summed E-state index contributed by atoms with van der Waals surface area (Å²) < 4.78 is 0. The Morgan fingerprint density at radius 3 is 2.33 bits per heavy atom. The Balaban J connectivity index is 1.70. The lowest BCUT2D eigenvalue weighted by atomic mass is 9.93. The smallest absolute Gasteiger partial charge is 0.0793 e. The molecule has 0 saturated carbocycles. The van der Waals surface area contributed by atoms with Crippen molar-refractivity contribution in [1.29, 1.82) is 0 Å². The molecule has 0 saturated heterocycles. The molecule has 0 atom stereocenters. The maximum absolute atomic E-state index is 4.97. The molecule has 1 radical (unpaired) electrons. The average Bonchev–Trinajstić information content (AvgIpc) is 2.82. The Bertz CT molecular complexity index is 1540. The van der Waals surface area contributed by atoms with Crippen LogP contribution >= 0.6 is 0 Å². The van der Waals surface area contributed by atoms with Gasteiger partial charge in [-0.3, -0.25) is 4.98 Å². The summed E-state index contributed by atoms with van der Waals surface area (Å²) >= 11 is 0. The van der Waals surface area contributed by atoms with Crippen LogP contribution in [0.5, 0.6) is 0 Å². The summed E-state index contributed by atoms with van der Waals surface area (Å²) in [6, 6.07) is 37.0. The molecule has 0 aliphatic rings. The number of nitrogens with zero attached hydrogens (tertiary/aromatic N) is 2. The zero-order valence-electron chi connectivity index (χ0n) is 16.2. The third-order valence-electron chi connectivity index (χ3n) is 5.57. The molecule has 30 heavy (non-hydrogen) atoms. The Hall–Kier alpha value is -4.04. The van der Waals surface area contributed by atoms with Gasteiger partial charge in [-0.05, 0) is 40.4 Å². The van der Waals surface area contributed by atoms with Crippen LogP contribution in [0.4, 0.5) is 0 Å². The molecule has 0 spiro atoms. The van der Waals surface area contributed by atoms with Crippen LogP contribution < -0.4 is 0 Å². The number of hydrogen-bond acceptors (Lipinski definition) is 2. The van der Waals surface area contributed by atoms with Gasteiger partial charge in [-0.1, -0.05) is 72.8 Å². The molecule has 2 heterocycles. The van der Waals surface area contributed by atoms with E-state index in [2.05, 4.69) is 78.9 Å². The van der Waals surface area contributed by atoms with Crippen LogP contribution in [0.1, 0.15) is 0 Å². The van der Waals surface area contributed by atoms with Crippen molar-refractivity contribution < 1.29 is 0 Å². The van der Waals surface area contributed by atoms with Crippen molar-refractivity contribution in [2.24, 2.45) is 0 Å². The van der Waals surface area contributed by atoms with Gasteiger partial charge in [0.1, 0.15) is 0 Å². The van der Waals surface area contributed by atoms with E-state index in [1.54, 1.807) is 0 Å². The maximum atomic E-state index is 4.97. The minimum atomic E-state index is 0.931. The molecule has 0 fully saturated rings. The first-order valence-corrected chi connectivity index (χ1v) is 10.0. The van der Waals surface area contributed by atoms with Crippen LogP contribution in [0.25, 0.3) is 55.0 Å². The lowest BCUT2D eigenvalue weighted by molar-refractivity contribution is 1.35. The van der Waals surface area contributed by atoms with Gasteiger partial charge in [0.15, 0.2) is 0 Å². The second kappa shape index (κ2) is 6.78. The SMILES string of the molecule is [c]1c(-c2nccc3ccccc23)c(-c2ccc3ccccc3n2)cc2ccccc12. The van der Waals surface area contributed by atoms with Gasteiger partial charge in [0, 0.05) is 34.2 Å². The molecule has 0 amide bonds. The first kappa shape index (κ1) is 16.9. The van der Waals surface area contributed by atoms with Crippen molar-refractivity contribution in [2.75, 3.05) is 0 Å².